The molecule has 94 valence electrons. The molecule has 0 saturated carbocycles. The van der Waals surface area contributed by atoms with Gasteiger partial charge >= 0.3 is 114 Å². The van der Waals surface area contributed by atoms with Crippen molar-refractivity contribution in [2.45, 2.75) is 13.3 Å². The predicted octanol–water partition coefficient (Wildman–Crippen LogP) is 0.535. The molecular formula is C11H8CrO6. The van der Waals surface area contributed by atoms with E-state index in [4.69, 9.17) is 34.4 Å². The summed E-state index contributed by atoms with van der Waals surface area (Å²) in [7, 11) is 0. The Hall–Kier alpha value is -1.38. The second-order valence-electron chi connectivity index (χ2n) is 1.29. The Kier molecular flexibility index (Phi) is 211. The average molecular weight is 288 g/mol. The molecule has 0 aliphatic rings. The molecule has 0 radical (unpaired) electrons. The molecule has 0 aromatic rings. The predicted molar refractivity (Wildman–Crippen MR) is 49.7 cm³/mol. The Morgan fingerprint density at radius 3 is 1.44 bits per heavy atom. The summed E-state index contributed by atoms with van der Waals surface area (Å²) in [5, 5.41) is 0. The molecule has 0 unspecified atom stereocenters. The Balaban J connectivity index is -0.0000000304. The van der Waals surface area contributed by atoms with Gasteiger partial charge in [0.15, 0.2) is 0 Å². The SMILES string of the molecule is C#CCCO[C](C)=[Cr].[C-]#[O+].[C-]#[O+].[C-]#[O+].[C-]#[O+].[C-]#[O+]. The molecule has 0 N–H and O–H groups in total. The van der Waals surface area contributed by atoms with Crippen LogP contribution in [0.4, 0.5) is 0 Å². The zero-order chi connectivity index (χ0) is 16.4. The topological polar surface area (TPSA) is 109 Å². The van der Waals surface area contributed by atoms with E-state index in [2.05, 4.69) is 55.0 Å². The van der Waals surface area contributed by atoms with Crippen LogP contribution in [-0.2, 0) is 43.8 Å². The summed E-state index contributed by atoms with van der Waals surface area (Å²) in [4.78, 5) is 0. The van der Waals surface area contributed by atoms with Gasteiger partial charge in [-0.05, 0) is 0 Å². The molecule has 18 heavy (non-hydrogen) atoms. The zero-order valence-electron chi connectivity index (χ0n) is 9.35. The van der Waals surface area contributed by atoms with Gasteiger partial charge in [-0.15, -0.1) is 0 Å². The minimum absolute atomic E-state index is 0.620. The van der Waals surface area contributed by atoms with Gasteiger partial charge in [0.25, 0.3) is 0 Å². The normalized spacial score (nSPS) is 4.11. The van der Waals surface area contributed by atoms with Crippen molar-refractivity contribution < 1.29 is 43.8 Å². The first-order chi connectivity index (χ1) is 8.77. The molecule has 0 aliphatic carbocycles. The van der Waals surface area contributed by atoms with Gasteiger partial charge in [0, 0.05) is 0 Å². The summed E-state index contributed by atoms with van der Waals surface area (Å²) in [5.41, 5.74) is 0. The summed E-state index contributed by atoms with van der Waals surface area (Å²) >= 11 is 2.72. The number of hydrogen-bond acceptors (Lipinski definition) is 1. The third-order valence-corrected chi connectivity index (χ3v) is 0.736. The van der Waals surface area contributed by atoms with Crippen molar-refractivity contribution in [3.05, 3.63) is 33.3 Å². The van der Waals surface area contributed by atoms with E-state index < -0.39 is 0 Å². The van der Waals surface area contributed by atoms with E-state index in [-0.39, 0.29) is 0 Å². The maximum absolute atomic E-state index is 7.50. The van der Waals surface area contributed by atoms with Gasteiger partial charge in [-0.1, -0.05) is 0 Å². The number of hydrogen-bond donors (Lipinski definition) is 0. The second kappa shape index (κ2) is 106. The second-order valence-corrected chi connectivity index (χ2v) is 2.19. The average Bonchev–Trinajstić information content (AvgIpc) is 2.49. The molecule has 0 spiro atoms. The van der Waals surface area contributed by atoms with Gasteiger partial charge in [0.2, 0.25) is 0 Å². The summed E-state index contributed by atoms with van der Waals surface area (Å²) in [5.74, 6) is 2.47. The third-order valence-electron chi connectivity index (χ3n) is 0.552. The van der Waals surface area contributed by atoms with Crippen LogP contribution in [0.5, 0.6) is 0 Å². The summed E-state index contributed by atoms with van der Waals surface area (Å²) < 4.78 is 43.3. The van der Waals surface area contributed by atoms with Crippen LogP contribution in [0.15, 0.2) is 0 Å². The summed E-state index contributed by atoms with van der Waals surface area (Å²) in [6, 6.07) is 0. The molecule has 0 rings (SSSR count). The van der Waals surface area contributed by atoms with Crippen LogP contribution >= 0.6 is 0 Å². The molecule has 0 atom stereocenters. The van der Waals surface area contributed by atoms with Crippen molar-refractivity contribution in [1.82, 2.24) is 0 Å². The standard InChI is InChI=1S/C6H8O.5CO.Cr/c1-3-5-6-7-4-2;5*1-2;/h1H,5-6H2,2H3;;;;;;. The van der Waals surface area contributed by atoms with E-state index >= 15 is 0 Å². The van der Waals surface area contributed by atoms with Crippen molar-refractivity contribution in [2.24, 2.45) is 0 Å². The van der Waals surface area contributed by atoms with Crippen molar-refractivity contribution in [3.63, 3.8) is 0 Å². The summed E-state index contributed by atoms with van der Waals surface area (Å²) in [6.45, 7) is 25.0. The first-order valence-electron chi connectivity index (χ1n) is 3.36. The fourth-order valence-corrected chi connectivity index (χ4v) is 0.384. The number of rotatable bonds is 3. The summed E-state index contributed by atoms with van der Waals surface area (Å²) in [6.07, 6.45) is 5.64. The van der Waals surface area contributed by atoms with Gasteiger partial charge in [0.05, 0.1) is 0 Å². The van der Waals surface area contributed by atoms with Crippen molar-refractivity contribution >= 4 is 4.57 Å². The van der Waals surface area contributed by atoms with E-state index in [9.17, 15) is 0 Å². The molecule has 7 heteroatoms. The van der Waals surface area contributed by atoms with Crippen molar-refractivity contribution in [1.29, 1.82) is 0 Å². The quantitative estimate of drug-likeness (QED) is 0.321. The molecule has 6 nitrogen and oxygen atoms in total. The van der Waals surface area contributed by atoms with Crippen molar-refractivity contribution in [3.8, 4) is 12.3 Å². The fraction of sp³-hybridized carbons (Fsp3) is 0.273. The Bertz CT molecular complexity index is 244. The van der Waals surface area contributed by atoms with Crippen LogP contribution in [0.25, 0.3) is 0 Å². The van der Waals surface area contributed by atoms with Crippen LogP contribution in [0.1, 0.15) is 13.3 Å². The molecule has 0 fully saturated rings. The van der Waals surface area contributed by atoms with E-state index in [1.165, 1.54) is 0 Å². The molecule has 0 heterocycles. The first-order valence-corrected chi connectivity index (χ1v) is 4.00. The van der Waals surface area contributed by atoms with Gasteiger partial charge in [0.1, 0.15) is 0 Å². The Labute approximate surface area is 114 Å². The number of ether oxygens (including phenoxy) is 1. The first kappa shape index (κ1) is 36.0. The van der Waals surface area contributed by atoms with E-state index in [0.29, 0.717) is 13.0 Å². The molecule has 0 aliphatic heterocycles. The Morgan fingerprint density at radius 2 is 1.28 bits per heavy atom. The molecular weight excluding hydrogens is 280 g/mol. The van der Waals surface area contributed by atoms with Crippen LogP contribution in [0, 0.1) is 45.6 Å². The van der Waals surface area contributed by atoms with Crippen LogP contribution in [0.2, 0.25) is 0 Å². The van der Waals surface area contributed by atoms with E-state index in [1.807, 2.05) is 6.92 Å². The van der Waals surface area contributed by atoms with Gasteiger partial charge in [-0.2, -0.15) is 0 Å². The van der Waals surface area contributed by atoms with E-state index in [0.717, 1.165) is 4.57 Å². The van der Waals surface area contributed by atoms with Gasteiger partial charge in [-0.25, -0.2) is 0 Å². The Morgan fingerprint density at radius 1 is 1.00 bits per heavy atom. The molecule has 0 bridgehead atoms. The molecule has 0 aromatic carbocycles. The molecule has 0 saturated heterocycles. The number of terminal acetylenes is 1. The zero-order valence-corrected chi connectivity index (χ0v) is 10.6. The van der Waals surface area contributed by atoms with Crippen LogP contribution in [0.3, 0.4) is 0 Å². The monoisotopic (exact) mass is 288 g/mol. The van der Waals surface area contributed by atoms with Crippen LogP contribution < -0.4 is 0 Å². The fourth-order valence-electron chi connectivity index (χ4n) is 0.254. The van der Waals surface area contributed by atoms with E-state index in [1.54, 1.807) is 0 Å². The molecule has 0 amide bonds. The van der Waals surface area contributed by atoms with Gasteiger partial charge in [-0.3, -0.25) is 0 Å². The third kappa shape index (κ3) is 207. The van der Waals surface area contributed by atoms with Crippen molar-refractivity contribution in [2.75, 3.05) is 6.61 Å². The van der Waals surface area contributed by atoms with Gasteiger partial charge < -0.3 is 0 Å². The minimum atomic E-state index is 0.620. The van der Waals surface area contributed by atoms with Crippen LogP contribution in [-0.4, -0.2) is 11.2 Å². The molecule has 0 aromatic heterocycles. The maximum atomic E-state index is 7.50.